The van der Waals surface area contributed by atoms with Gasteiger partial charge in [0.25, 0.3) is 11.8 Å². The lowest BCUT2D eigenvalue weighted by Gasteiger charge is -2.20. The third-order valence-corrected chi connectivity index (χ3v) is 6.40. The van der Waals surface area contributed by atoms with E-state index in [-0.39, 0.29) is 27.5 Å². The summed E-state index contributed by atoms with van der Waals surface area (Å²) in [5.41, 5.74) is -0.108. The molecule has 1 atom stereocenters. The first-order valence-corrected chi connectivity index (χ1v) is 10.3. The van der Waals surface area contributed by atoms with Crippen molar-refractivity contribution in [3.8, 4) is 0 Å². The summed E-state index contributed by atoms with van der Waals surface area (Å²) >= 11 is 5.26. The molecular weight excluding hydrogens is 689 g/mol. The Morgan fingerprint density at radius 3 is 1.92 bits per heavy atom. The number of carboxylic acid groups (broad SMARTS) is 1. The molecule has 12 heteroatoms. The highest BCUT2D eigenvalue weighted by molar-refractivity contribution is 14.1. The molecule has 2 amide bonds. The number of carboxylic acids is 1. The average Bonchev–Trinajstić information content (AvgIpc) is 2.55. The molecule has 0 bridgehead atoms. The number of halogens is 3. The average molecular weight is 704 g/mol. The number of aromatic carboxylic acids is 1. The van der Waals surface area contributed by atoms with E-state index in [1.807, 2.05) is 0 Å². The molecule has 26 heavy (non-hydrogen) atoms. The summed E-state index contributed by atoms with van der Waals surface area (Å²) in [6.07, 6.45) is -1.33. The maximum atomic E-state index is 12.6. The summed E-state index contributed by atoms with van der Waals surface area (Å²) < 4.78 is 0.615. The number of amides is 2. The quantitative estimate of drug-likeness (QED) is 0.227. The molecule has 144 valence electrons. The zero-order valence-electron chi connectivity index (χ0n) is 13.2. The van der Waals surface area contributed by atoms with Gasteiger partial charge in [-0.15, -0.1) is 0 Å². The Hall–Kier alpha value is -0.300. The fraction of sp³-hybridized carbons (Fsp3) is 0.357. The van der Waals surface area contributed by atoms with Crippen LogP contribution in [0.3, 0.4) is 0 Å². The second-order valence-electron chi connectivity index (χ2n) is 5.07. The van der Waals surface area contributed by atoms with Gasteiger partial charge < -0.3 is 31.1 Å². The van der Waals surface area contributed by atoms with E-state index in [4.69, 9.17) is 10.2 Å². The first kappa shape index (κ1) is 23.7. The fourth-order valence-corrected chi connectivity index (χ4v) is 6.18. The van der Waals surface area contributed by atoms with Gasteiger partial charge in [0.05, 0.1) is 43.2 Å². The number of aliphatic hydroxyl groups is 3. The lowest BCUT2D eigenvalue weighted by Crippen LogP contribution is -2.41. The Kier molecular flexibility index (Phi) is 9.40. The van der Waals surface area contributed by atoms with E-state index in [0.717, 1.165) is 0 Å². The second kappa shape index (κ2) is 10.3. The van der Waals surface area contributed by atoms with E-state index >= 15 is 0 Å². The number of hydrogen-bond acceptors (Lipinski definition) is 6. The minimum atomic E-state index is -1.33. The largest absolute Gasteiger partial charge is 0.478 e. The summed E-state index contributed by atoms with van der Waals surface area (Å²) in [6, 6.07) is -0.919. The Morgan fingerprint density at radius 1 is 1.00 bits per heavy atom. The van der Waals surface area contributed by atoms with Gasteiger partial charge in [-0.1, -0.05) is 0 Å². The van der Waals surface area contributed by atoms with Crippen LogP contribution in [0, 0.1) is 10.7 Å². The van der Waals surface area contributed by atoms with Crippen LogP contribution in [0.4, 0.5) is 5.69 Å². The SMILES string of the molecule is CC(O)C(=O)Nc1c(I)c(C(=O)O)c(I)c(C(=O)NC(CO)CO)c1I. The van der Waals surface area contributed by atoms with Crippen molar-refractivity contribution in [2.75, 3.05) is 18.5 Å². The summed E-state index contributed by atoms with van der Waals surface area (Å²) in [6.45, 7) is 0.245. The van der Waals surface area contributed by atoms with Gasteiger partial charge in [-0.3, -0.25) is 9.59 Å². The number of anilines is 1. The molecule has 1 unspecified atom stereocenters. The maximum Gasteiger partial charge on any atom is 0.337 e. The van der Waals surface area contributed by atoms with Crippen LogP contribution >= 0.6 is 67.8 Å². The Labute approximate surface area is 189 Å². The van der Waals surface area contributed by atoms with Crippen molar-refractivity contribution < 1.29 is 34.8 Å². The van der Waals surface area contributed by atoms with Crippen molar-refractivity contribution >= 4 is 91.2 Å². The van der Waals surface area contributed by atoms with Gasteiger partial charge in [-0.05, 0) is 74.7 Å². The van der Waals surface area contributed by atoms with Crippen molar-refractivity contribution in [2.24, 2.45) is 0 Å². The summed E-state index contributed by atoms with van der Waals surface area (Å²) in [4.78, 5) is 36.1. The van der Waals surface area contributed by atoms with E-state index in [0.29, 0.717) is 0 Å². The molecule has 9 nitrogen and oxygen atoms in total. The van der Waals surface area contributed by atoms with E-state index < -0.39 is 43.1 Å². The van der Waals surface area contributed by atoms with Gasteiger partial charge in [0.15, 0.2) is 0 Å². The first-order chi connectivity index (χ1) is 12.1. The molecule has 1 aromatic rings. The Bertz CT molecular complexity index is 736. The minimum Gasteiger partial charge on any atom is -0.478 e. The number of aliphatic hydroxyl groups excluding tert-OH is 3. The molecule has 0 aliphatic carbocycles. The molecule has 1 rings (SSSR count). The number of carbonyl (C=O) groups is 3. The molecule has 0 spiro atoms. The van der Waals surface area contributed by atoms with Crippen LogP contribution in [0.2, 0.25) is 0 Å². The molecule has 0 aromatic heterocycles. The fourth-order valence-electron chi connectivity index (χ4n) is 1.80. The Balaban J connectivity index is 3.59. The predicted octanol–water partition coefficient (Wildman–Crippen LogP) is 0.601. The highest BCUT2D eigenvalue weighted by Gasteiger charge is 2.29. The van der Waals surface area contributed by atoms with Gasteiger partial charge in [-0.2, -0.15) is 0 Å². The van der Waals surface area contributed by atoms with Crippen molar-refractivity contribution in [3.05, 3.63) is 21.8 Å². The van der Waals surface area contributed by atoms with Gasteiger partial charge in [0.1, 0.15) is 6.10 Å². The van der Waals surface area contributed by atoms with E-state index in [1.54, 1.807) is 67.8 Å². The summed E-state index contributed by atoms with van der Waals surface area (Å²) in [5, 5.41) is 42.0. The van der Waals surface area contributed by atoms with Gasteiger partial charge >= 0.3 is 5.97 Å². The van der Waals surface area contributed by atoms with E-state index in [1.165, 1.54) is 6.92 Å². The van der Waals surface area contributed by atoms with Crippen LogP contribution in [0.25, 0.3) is 0 Å². The topological polar surface area (TPSA) is 156 Å². The molecule has 1 aromatic carbocycles. The normalized spacial score (nSPS) is 12.0. The van der Waals surface area contributed by atoms with Crippen molar-refractivity contribution in [3.63, 3.8) is 0 Å². The monoisotopic (exact) mass is 704 g/mol. The van der Waals surface area contributed by atoms with Gasteiger partial charge in [-0.25, -0.2) is 4.79 Å². The van der Waals surface area contributed by atoms with Crippen LogP contribution < -0.4 is 10.6 Å². The lowest BCUT2D eigenvalue weighted by atomic mass is 10.1. The molecule has 0 heterocycles. The van der Waals surface area contributed by atoms with Crippen molar-refractivity contribution in [1.82, 2.24) is 5.32 Å². The van der Waals surface area contributed by atoms with Crippen LogP contribution in [0.1, 0.15) is 27.6 Å². The van der Waals surface area contributed by atoms with Gasteiger partial charge in [0, 0.05) is 3.57 Å². The first-order valence-electron chi connectivity index (χ1n) is 7.01. The molecule has 0 aliphatic rings. The van der Waals surface area contributed by atoms with Crippen LogP contribution in [-0.4, -0.2) is 63.6 Å². The second-order valence-corrected chi connectivity index (χ2v) is 8.31. The van der Waals surface area contributed by atoms with E-state index in [2.05, 4.69) is 10.6 Å². The number of carbonyl (C=O) groups excluding carboxylic acids is 2. The number of hydrogen-bond donors (Lipinski definition) is 6. The van der Waals surface area contributed by atoms with Crippen molar-refractivity contribution in [2.45, 2.75) is 19.1 Å². The summed E-state index contributed by atoms with van der Waals surface area (Å²) in [7, 11) is 0. The molecular formula is C14H15I3N2O7. The van der Waals surface area contributed by atoms with Crippen LogP contribution in [0.5, 0.6) is 0 Å². The van der Waals surface area contributed by atoms with Crippen molar-refractivity contribution in [1.29, 1.82) is 0 Å². The van der Waals surface area contributed by atoms with Gasteiger partial charge in [0.2, 0.25) is 0 Å². The minimum absolute atomic E-state index is 0.0168. The predicted molar refractivity (Wildman–Crippen MR) is 117 cm³/mol. The van der Waals surface area contributed by atoms with Crippen LogP contribution in [0.15, 0.2) is 0 Å². The molecule has 0 saturated carbocycles. The molecule has 0 aliphatic heterocycles. The van der Waals surface area contributed by atoms with E-state index in [9.17, 15) is 24.6 Å². The summed E-state index contributed by atoms with van der Waals surface area (Å²) in [5.74, 6) is -2.76. The third-order valence-electron chi connectivity index (χ3n) is 3.16. The molecule has 0 fully saturated rings. The molecule has 0 saturated heterocycles. The lowest BCUT2D eigenvalue weighted by molar-refractivity contribution is -0.123. The number of rotatable bonds is 7. The maximum absolute atomic E-state index is 12.6. The molecule has 0 radical (unpaired) electrons. The highest BCUT2D eigenvalue weighted by Crippen LogP contribution is 2.35. The number of benzene rings is 1. The standard InChI is InChI=1S/C14H15I3N2O7/c1-4(22)12(23)19-11-9(16)6(13(24)18-5(2-20)3-21)8(15)7(10(11)17)14(25)26/h4-5,20-22H,2-3H2,1H3,(H,18,24)(H,19,23)(H,25,26). The highest BCUT2D eigenvalue weighted by atomic mass is 127. The third kappa shape index (κ3) is 5.37. The zero-order valence-corrected chi connectivity index (χ0v) is 19.7. The number of nitrogens with one attached hydrogen (secondary N) is 2. The molecule has 6 N–H and O–H groups in total. The smallest absolute Gasteiger partial charge is 0.337 e. The zero-order chi connectivity index (χ0) is 20.2. The Morgan fingerprint density at radius 2 is 1.50 bits per heavy atom. The van der Waals surface area contributed by atoms with Crippen LogP contribution in [-0.2, 0) is 4.79 Å².